The van der Waals surface area contributed by atoms with Gasteiger partial charge in [-0.05, 0) is 98.4 Å². The second kappa shape index (κ2) is 15.3. The van der Waals surface area contributed by atoms with E-state index in [9.17, 15) is 29.1 Å². The Kier molecular flexibility index (Phi) is 11.4. The van der Waals surface area contributed by atoms with E-state index in [1.54, 1.807) is 41.3 Å². The maximum atomic E-state index is 13.6. The number of amides is 3. The predicted octanol–water partition coefficient (Wildman–Crippen LogP) is 4.65. The molecule has 12 heteroatoms. The highest BCUT2D eigenvalue weighted by molar-refractivity contribution is 5.98. The van der Waals surface area contributed by atoms with E-state index in [1.807, 2.05) is 39.8 Å². The standard InChI is InChI=1S/C40H54N4O8/c1-24(2)21-29(42-33(45)23-51-31-10-8-7-9-25(31)3)34(46)43-30(35(47)48)22-26-11-13-28(14-12-26)52-37(50)44-19-16-27(17-20-44)40-32(38(40,4)5)15-18-39(6,41)36(40)49/h7-14,24,27,29-30,32H,15-23,41H2,1-6H3,(H,42,45)(H,43,46)(H,47,48)/t29-,30-,32?,39?,40?/m0/s1. The summed E-state index contributed by atoms with van der Waals surface area (Å²) in [5.74, 6) is -0.745. The van der Waals surface area contributed by atoms with Gasteiger partial charge in [-0.1, -0.05) is 58.0 Å². The van der Waals surface area contributed by atoms with E-state index < -0.39 is 46.9 Å². The molecule has 0 aromatic heterocycles. The van der Waals surface area contributed by atoms with Gasteiger partial charge in [0.05, 0.1) is 5.54 Å². The van der Waals surface area contributed by atoms with Gasteiger partial charge < -0.3 is 35.8 Å². The van der Waals surface area contributed by atoms with E-state index >= 15 is 0 Å². The number of aryl methyl sites for hydroxylation is 1. The molecular weight excluding hydrogens is 664 g/mol. The summed E-state index contributed by atoms with van der Waals surface area (Å²) in [6.07, 6.45) is 2.87. The molecule has 0 spiro atoms. The van der Waals surface area contributed by atoms with Crippen LogP contribution in [0.15, 0.2) is 48.5 Å². The number of carbonyl (C=O) groups excluding carboxylic acids is 4. The highest BCUT2D eigenvalue weighted by atomic mass is 16.6. The Morgan fingerprint density at radius 3 is 2.23 bits per heavy atom. The van der Waals surface area contributed by atoms with E-state index in [0.717, 1.165) is 12.0 Å². The van der Waals surface area contributed by atoms with Crippen molar-refractivity contribution in [3.05, 3.63) is 59.7 Å². The second-order valence-electron chi connectivity index (χ2n) is 16.1. The van der Waals surface area contributed by atoms with Crippen molar-refractivity contribution >= 4 is 29.7 Å². The van der Waals surface area contributed by atoms with E-state index in [0.29, 0.717) is 61.8 Å². The van der Waals surface area contributed by atoms with Crippen molar-refractivity contribution in [3.63, 3.8) is 0 Å². The molecule has 3 fully saturated rings. The summed E-state index contributed by atoms with van der Waals surface area (Å²) < 4.78 is 11.3. The number of ketones is 1. The molecule has 52 heavy (non-hydrogen) atoms. The Hall–Kier alpha value is -4.45. The Labute approximate surface area is 306 Å². The zero-order chi connectivity index (χ0) is 38.0. The Balaban J connectivity index is 1.12. The van der Waals surface area contributed by atoms with Gasteiger partial charge in [0, 0.05) is 24.9 Å². The molecule has 0 bridgehead atoms. The molecule has 5 rings (SSSR count). The monoisotopic (exact) mass is 718 g/mol. The van der Waals surface area contributed by atoms with Crippen molar-refractivity contribution in [2.75, 3.05) is 19.7 Å². The summed E-state index contributed by atoms with van der Waals surface area (Å²) in [4.78, 5) is 66.6. The molecule has 3 amide bonds. The maximum absolute atomic E-state index is 13.6. The number of para-hydroxylation sites is 1. The molecule has 5 atom stereocenters. The molecule has 2 aliphatic carbocycles. The van der Waals surface area contributed by atoms with Crippen LogP contribution in [0.25, 0.3) is 0 Å². The molecule has 3 aliphatic rings. The van der Waals surface area contributed by atoms with E-state index in [-0.39, 0.29) is 36.1 Å². The fourth-order valence-corrected chi connectivity index (χ4v) is 8.86. The number of aliphatic carboxylic acids is 1. The van der Waals surface area contributed by atoms with Crippen molar-refractivity contribution in [1.29, 1.82) is 0 Å². The van der Waals surface area contributed by atoms with Crippen molar-refractivity contribution in [2.24, 2.45) is 34.3 Å². The first-order valence-electron chi connectivity index (χ1n) is 18.4. The average molecular weight is 719 g/mol. The first-order chi connectivity index (χ1) is 24.5. The number of hydrogen-bond donors (Lipinski definition) is 4. The number of rotatable bonds is 13. The van der Waals surface area contributed by atoms with Crippen LogP contribution in [0.5, 0.6) is 11.5 Å². The van der Waals surface area contributed by atoms with Crippen LogP contribution in [-0.2, 0) is 25.6 Å². The van der Waals surface area contributed by atoms with Crippen LogP contribution < -0.4 is 25.8 Å². The third-order valence-electron chi connectivity index (χ3n) is 11.6. The summed E-state index contributed by atoms with van der Waals surface area (Å²) >= 11 is 0. The van der Waals surface area contributed by atoms with Gasteiger partial charge in [0.25, 0.3) is 5.91 Å². The number of carboxylic acids is 1. The number of nitrogens with zero attached hydrogens (tertiary/aromatic N) is 1. The normalized spacial score (nSPS) is 25.0. The molecule has 2 saturated carbocycles. The van der Waals surface area contributed by atoms with Gasteiger partial charge in [0.15, 0.2) is 12.4 Å². The van der Waals surface area contributed by atoms with Crippen LogP contribution in [0.3, 0.4) is 0 Å². The molecule has 1 aliphatic heterocycles. The smallest absolute Gasteiger partial charge is 0.415 e. The number of nitrogens with two attached hydrogens (primary N) is 1. The van der Waals surface area contributed by atoms with Gasteiger partial charge in [-0.25, -0.2) is 9.59 Å². The fraction of sp³-hybridized carbons (Fsp3) is 0.575. The SMILES string of the molecule is Cc1ccccc1OCC(=O)N[C@@H](CC(C)C)C(=O)N[C@@H](Cc1ccc(OC(=O)N2CCC(C34C(=O)C(C)(N)CCC3C4(C)C)CC2)cc1)C(=O)O. The Bertz CT molecular complexity index is 1660. The maximum Gasteiger partial charge on any atom is 0.415 e. The molecular formula is C40H54N4O8. The zero-order valence-corrected chi connectivity index (χ0v) is 31.2. The Morgan fingerprint density at radius 1 is 0.962 bits per heavy atom. The molecule has 0 radical (unpaired) electrons. The number of likely N-dealkylation sites (tertiary alicyclic amines) is 1. The number of carbonyl (C=O) groups is 5. The van der Waals surface area contributed by atoms with Crippen LogP contribution in [0.2, 0.25) is 0 Å². The lowest BCUT2D eigenvalue weighted by Crippen LogP contribution is -2.55. The van der Waals surface area contributed by atoms with Crippen LogP contribution in [0.4, 0.5) is 4.79 Å². The van der Waals surface area contributed by atoms with Gasteiger partial charge in [-0.3, -0.25) is 14.4 Å². The largest absolute Gasteiger partial charge is 0.484 e. The molecule has 1 saturated heterocycles. The summed E-state index contributed by atoms with van der Waals surface area (Å²) in [6, 6.07) is 11.5. The lowest BCUT2D eigenvalue weighted by Gasteiger charge is -2.42. The number of ether oxygens (including phenoxy) is 2. The number of carboxylic acid groups (broad SMARTS) is 1. The van der Waals surface area contributed by atoms with Crippen molar-refractivity contribution < 1.29 is 38.6 Å². The van der Waals surface area contributed by atoms with Crippen LogP contribution >= 0.6 is 0 Å². The highest BCUT2D eigenvalue weighted by Gasteiger charge is 2.80. The van der Waals surface area contributed by atoms with Crippen molar-refractivity contribution in [1.82, 2.24) is 15.5 Å². The summed E-state index contributed by atoms with van der Waals surface area (Å²) in [5.41, 5.74) is 6.60. The minimum absolute atomic E-state index is 0.0266. The van der Waals surface area contributed by atoms with E-state index in [4.69, 9.17) is 15.2 Å². The van der Waals surface area contributed by atoms with Crippen molar-refractivity contribution in [3.8, 4) is 11.5 Å². The third kappa shape index (κ3) is 7.96. The van der Waals surface area contributed by atoms with Crippen molar-refractivity contribution in [2.45, 2.75) is 97.7 Å². The van der Waals surface area contributed by atoms with E-state index in [2.05, 4.69) is 24.5 Å². The van der Waals surface area contributed by atoms with Gasteiger partial charge in [-0.15, -0.1) is 0 Å². The van der Waals surface area contributed by atoms with Gasteiger partial charge in [0.1, 0.15) is 23.6 Å². The first kappa shape index (κ1) is 38.8. The van der Waals surface area contributed by atoms with Crippen LogP contribution in [0.1, 0.15) is 77.8 Å². The zero-order valence-electron chi connectivity index (χ0n) is 31.2. The number of fused-ring (bicyclic) bond motifs is 1. The quantitative estimate of drug-likeness (QED) is 0.230. The minimum atomic E-state index is -1.26. The summed E-state index contributed by atoms with van der Waals surface area (Å²) in [6.45, 7) is 12.6. The number of nitrogens with one attached hydrogen (secondary N) is 2. The molecule has 2 aromatic carbocycles. The Morgan fingerprint density at radius 2 is 1.62 bits per heavy atom. The predicted molar refractivity (Wildman–Crippen MR) is 195 cm³/mol. The van der Waals surface area contributed by atoms with Gasteiger partial charge in [0.2, 0.25) is 5.91 Å². The first-order valence-corrected chi connectivity index (χ1v) is 18.4. The molecule has 12 nitrogen and oxygen atoms in total. The molecule has 282 valence electrons. The van der Waals surface area contributed by atoms with Gasteiger partial charge in [-0.2, -0.15) is 0 Å². The lowest BCUT2D eigenvalue weighted by molar-refractivity contribution is -0.142. The third-order valence-corrected chi connectivity index (χ3v) is 11.6. The molecule has 5 N–H and O–H groups in total. The summed E-state index contributed by atoms with van der Waals surface area (Å²) in [5, 5.41) is 15.2. The van der Waals surface area contributed by atoms with Crippen LogP contribution in [-0.4, -0.2) is 77.0 Å². The number of benzene rings is 2. The summed E-state index contributed by atoms with van der Waals surface area (Å²) in [7, 11) is 0. The lowest BCUT2D eigenvalue weighted by atomic mass is 9.66. The number of piperidine rings is 1. The highest BCUT2D eigenvalue weighted by Crippen LogP contribution is 2.78. The molecule has 2 aromatic rings. The van der Waals surface area contributed by atoms with E-state index in [1.165, 1.54) is 0 Å². The minimum Gasteiger partial charge on any atom is -0.484 e. The number of hydrogen-bond acceptors (Lipinski definition) is 8. The fourth-order valence-electron chi connectivity index (χ4n) is 8.86. The van der Waals surface area contributed by atoms with Crippen LogP contribution in [0, 0.1) is 35.5 Å². The number of Topliss-reactive ketones (excluding diaryl/α,β-unsaturated/α-hetero) is 1. The average Bonchev–Trinajstić information content (AvgIpc) is 3.61. The van der Waals surface area contributed by atoms with Gasteiger partial charge >= 0.3 is 12.1 Å². The topological polar surface area (TPSA) is 177 Å². The second-order valence-corrected chi connectivity index (χ2v) is 16.1. The molecule has 3 unspecified atom stereocenters. The molecule has 1 heterocycles.